The molecule has 1 fully saturated rings. The molecule has 0 aromatic heterocycles. The molecule has 2 aromatic carbocycles. The van der Waals surface area contributed by atoms with Crippen LogP contribution in [0.25, 0.3) is 0 Å². The summed E-state index contributed by atoms with van der Waals surface area (Å²) in [4.78, 5) is 48.1. The molecular formula is C20H19N3O4. The summed E-state index contributed by atoms with van der Waals surface area (Å²) in [6, 6.07) is 13.6. The van der Waals surface area contributed by atoms with Gasteiger partial charge >= 0.3 is 0 Å². The fraction of sp³-hybridized carbons (Fsp3) is 0.200. The maximum absolute atomic E-state index is 12.4. The van der Waals surface area contributed by atoms with E-state index in [2.05, 4.69) is 10.6 Å². The van der Waals surface area contributed by atoms with Gasteiger partial charge in [0.2, 0.25) is 17.7 Å². The fourth-order valence-electron chi connectivity index (χ4n) is 2.82. The Morgan fingerprint density at radius 1 is 0.926 bits per heavy atom. The summed E-state index contributed by atoms with van der Waals surface area (Å²) in [6.45, 7) is 1.63. The van der Waals surface area contributed by atoms with Gasteiger partial charge in [0.1, 0.15) is 0 Å². The molecule has 1 saturated heterocycles. The van der Waals surface area contributed by atoms with Gasteiger partial charge in [0.25, 0.3) is 5.91 Å². The van der Waals surface area contributed by atoms with E-state index in [0.717, 1.165) is 5.56 Å². The van der Waals surface area contributed by atoms with Gasteiger partial charge in [-0.05, 0) is 35.9 Å². The molecule has 7 heteroatoms. The Bertz CT molecular complexity index is 890. The molecule has 2 aromatic rings. The van der Waals surface area contributed by atoms with Crippen LogP contribution in [0, 0.1) is 0 Å². The second-order valence-electron chi connectivity index (χ2n) is 6.29. The Morgan fingerprint density at radius 3 is 2.11 bits per heavy atom. The normalized spacial score (nSPS) is 13.6. The van der Waals surface area contributed by atoms with Gasteiger partial charge in [-0.1, -0.05) is 18.2 Å². The average molecular weight is 365 g/mol. The third-order valence-electron chi connectivity index (χ3n) is 4.15. The Kier molecular flexibility index (Phi) is 5.30. The molecule has 1 aliphatic rings. The van der Waals surface area contributed by atoms with Gasteiger partial charge in [-0.25, -0.2) is 0 Å². The van der Waals surface area contributed by atoms with Gasteiger partial charge in [-0.2, -0.15) is 0 Å². The number of carbonyl (C=O) groups is 4. The summed E-state index contributed by atoms with van der Waals surface area (Å²) in [5.41, 5.74) is 2.38. The maximum Gasteiger partial charge on any atom is 0.255 e. The van der Waals surface area contributed by atoms with E-state index >= 15 is 0 Å². The highest BCUT2D eigenvalue weighted by Gasteiger charge is 2.28. The number of nitrogens with one attached hydrogen (secondary N) is 2. The molecule has 7 nitrogen and oxygen atoms in total. The van der Waals surface area contributed by atoms with Gasteiger partial charge < -0.3 is 10.6 Å². The van der Waals surface area contributed by atoms with E-state index < -0.39 is 0 Å². The van der Waals surface area contributed by atoms with Crippen LogP contribution in [0.3, 0.4) is 0 Å². The van der Waals surface area contributed by atoms with Gasteiger partial charge in [-0.15, -0.1) is 0 Å². The van der Waals surface area contributed by atoms with E-state index in [1.807, 2.05) is 0 Å². The summed E-state index contributed by atoms with van der Waals surface area (Å²) in [7, 11) is 0. The predicted octanol–water partition coefficient (Wildman–Crippen LogP) is 2.55. The van der Waals surface area contributed by atoms with Crippen molar-refractivity contribution >= 4 is 35.0 Å². The van der Waals surface area contributed by atoms with Crippen molar-refractivity contribution in [2.24, 2.45) is 0 Å². The monoisotopic (exact) mass is 365 g/mol. The van der Waals surface area contributed by atoms with E-state index in [0.29, 0.717) is 16.9 Å². The van der Waals surface area contributed by atoms with Crippen LogP contribution >= 0.6 is 0 Å². The maximum atomic E-state index is 12.4. The Balaban J connectivity index is 1.65. The number of anilines is 2. The van der Waals surface area contributed by atoms with E-state index in [1.54, 1.807) is 48.5 Å². The highest BCUT2D eigenvalue weighted by Crippen LogP contribution is 2.18. The van der Waals surface area contributed by atoms with Crippen molar-refractivity contribution in [3.63, 3.8) is 0 Å². The number of carbonyl (C=O) groups excluding carboxylic acids is 4. The first-order chi connectivity index (χ1) is 12.9. The van der Waals surface area contributed by atoms with Gasteiger partial charge in [0.05, 0.1) is 6.54 Å². The minimum Gasteiger partial charge on any atom is -0.326 e. The minimum atomic E-state index is -0.296. The smallest absolute Gasteiger partial charge is 0.255 e. The Labute approximate surface area is 156 Å². The van der Waals surface area contributed by atoms with E-state index in [9.17, 15) is 19.2 Å². The molecule has 1 aliphatic heterocycles. The van der Waals surface area contributed by atoms with Crippen molar-refractivity contribution in [2.75, 3.05) is 10.6 Å². The highest BCUT2D eigenvalue weighted by molar-refractivity contribution is 6.05. The highest BCUT2D eigenvalue weighted by atomic mass is 16.2. The van der Waals surface area contributed by atoms with Crippen LogP contribution < -0.4 is 10.6 Å². The number of rotatable bonds is 5. The van der Waals surface area contributed by atoms with Crippen molar-refractivity contribution in [3.05, 3.63) is 59.7 Å². The van der Waals surface area contributed by atoms with Gasteiger partial charge in [-0.3, -0.25) is 24.1 Å². The van der Waals surface area contributed by atoms with Crippen molar-refractivity contribution < 1.29 is 19.2 Å². The zero-order valence-electron chi connectivity index (χ0n) is 14.8. The molecular weight excluding hydrogens is 346 g/mol. The number of amides is 4. The average Bonchev–Trinajstić information content (AvgIpc) is 2.94. The predicted molar refractivity (Wildman–Crippen MR) is 99.9 cm³/mol. The van der Waals surface area contributed by atoms with E-state index in [-0.39, 0.29) is 43.0 Å². The second-order valence-corrected chi connectivity index (χ2v) is 6.29. The number of likely N-dealkylation sites (tertiary alicyclic amines) is 1. The Hall–Kier alpha value is -3.48. The summed E-state index contributed by atoms with van der Waals surface area (Å²) < 4.78 is 0. The third-order valence-corrected chi connectivity index (χ3v) is 4.15. The minimum absolute atomic E-state index is 0.166. The molecule has 138 valence electrons. The molecule has 0 unspecified atom stereocenters. The molecule has 0 spiro atoms. The van der Waals surface area contributed by atoms with Crippen LogP contribution in [0.2, 0.25) is 0 Å². The molecule has 3 rings (SSSR count). The number of benzene rings is 2. The molecule has 0 bridgehead atoms. The molecule has 1 heterocycles. The summed E-state index contributed by atoms with van der Waals surface area (Å²) in [5, 5.41) is 5.43. The fourth-order valence-corrected chi connectivity index (χ4v) is 2.82. The van der Waals surface area contributed by atoms with Crippen molar-refractivity contribution in [2.45, 2.75) is 26.3 Å². The SMILES string of the molecule is CC(=O)Nc1cccc(NC(=O)c2ccc(CN3C(=O)CCC3=O)cc2)c1. The topological polar surface area (TPSA) is 95.6 Å². The van der Waals surface area contributed by atoms with Gasteiger partial charge in [0, 0.05) is 36.7 Å². The van der Waals surface area contributed by atoms with E-state index in [4.69, 9.17) is 0 Å². The van der Waals surface area contributed by atoms with E-state index in [1.165, 1.54) is 11.8 Å². The lowest BCUT2D eigenvalue weighted by Crippen LogP contribution is -2.28. The first-order valence-corrected chi connectivity index (χ1v) is 8.53. The summed E-state index contributed by atoms with van der Waals surface area (Å²) >= 11 is 0. The molecule has 0 radical (unpaired) electrons. The zero-order valence-corrected chi connectivity index (χ0v) is 14.8. The first-order valence-electron chi connectivity index (χ1n) is 8.53. The molecule has 4 amide bonds. The lowest BCUT2D eigenvalue weighted by molar-refractivity contribution is -0.139. The number of imide groups is 1. The van der Waals surface area contributed by atoms with Crippen LogP contribution in [0.15, 0.2) is 48.5 Å². The third kappa shape index (κ3) is 4.58. The lowest BCUT2D eigenvalue weighted by Gasteiger charge is -2.14. The molecule has 0 saturated carbocycles. The number of hydrogen-bond donors (Lipinski definition) is 2. The quantitative estimate of drug-likeness (QED) is 0.796. The lowest BCUT2D eigenvalue weighted by atomic mass is 10.1. The zero-order chi connectivity index (χ0) is 19.4. The summed E-state index contributed by atoms with van der Waals surface area (Å²) in [5.74, 6) is -0.819. The van der Waals surface area contributed by atoms with Crippen LogP contribution in [0.5, 0.6) is 0 Å². The molecule has 0 aliphatic carbocycles. The second kappa shape index (κ2) is 7.82. The molecule has 27 heavy (non-hydrogen) atoms. The molecule has 2 N–H and O–H groups in total. The van der Waals surface area contributed by atoms with Crippen LogP contribution in [-0.4, -0.2) is 28.5 Å². The van der Waals surface area contributed by atoms with Crippen molar-refractivity contribution in [1.82, 2.24) is 4.90 Å². The Morgan fingerprint density at radius 2 is 1.52 bits per heavy atom. The first kappa shape index (κ1) is 18.3. The van der Waals surface area contributed by atoms with Crippen molar-refractivity contribution in [1.29, 1.82) is 0 Å². The summed E-state index contributed by atoms with van der Waals surface area (Å²) in [6.07, 6.45) is 0.522. The van der Waals surface area contributed by atoms with Crippen LogP contribution in [-0.2, 0) is 20.9 Å². The van der Waals surface area contributed by atoms with Crippen LogP contribution in [0.4, 0.5) is 11.4 Å². The standard InChI is InChI=1S/C20H19N3O4/c1-13(24)21-16-3-2-4-17(11-16)22-20(27)15-7-5-14(6-8-15)12-23-18(25)9-10-19(23)26/h2-8,11H,9-10,12H2,1H3,(H,21,24)(H,22,27). The number of hydrogen-bond acceptors (Lipinski definition) is 4. The number of nitrogens with zero attached hydrogens (tertiary/aromatic N) is 1. The van der Waals surface area contributed by atoms with Crippen LogP contribution in [0.1, 0.15) is 35.7 Å². The van der Waals surface area contributed by atoms with Gasteiger partial charge in [0.15, 0.2) is 0 Å². The molecule has 0 atom stereocenters. The largest absolute Gasteiger partial charge is 0.326 e. The van der Waals surface area contributed by atoms with Crippen molar-refractivity contribution in [3.8, 4) is 0 Å².